The fourth-order valence-electron chi connectivity index (χ4n) is 3.17. The number of nitrogens with zero attached hydrogens (tertiary/aromatic N) is 3. The minimum atomic E-state index is -0.470. The maximum absolute atomic E-state index is 13.9. The van der Waals surface area contributed by atoms with Gasteiger partial charge in [0.05, 0.1) is 18.0 Å². The van der Waals surface area contributed by atoms with Gasteiger partial charge in [0.15, 0.2) is 28.6 Å². The van der Waals surface area contributed by atoms with Crippen molar-refractivity contribution in [3.63, 3.8) is 0 Å². The molecule has 0 saturated heterocycles. The van der Waals surface area contributed by atoms with E-state index in [1.54, 1.807) is 19.2 Å². The summed E-state index contributed by atoms with van der Waals surface area (Å²) in [7, 11) is 1.59. The molecule has 3 aromatic rings. The molecule has 0 radical (unpaired) electrons. The Balaban J connectivity index is 1.75. The number of thioether (sulfide) groups is 1. The molecule has 170 valence electrons. The number of anilines is 1. The van der Waals surface area contributed by atoms with Crippen LogP contribution in [0.2, 0.25) is 0 Å². The molecule has 7 nitrogen and oxygen atoms in total. The predicted octanol–water partition coefficient (Wildman–Crippen LogP) is 5.10. The predicted molar refractivity (Wildman–Crippen MR) is 123 cm³/mol. The van der Waals surface area contributed by atoms with Crippen molar-refractivity contribution in [1.82, 2.24) is 14.8 Å². The Hall–Kier alpha value is -3.07. The first-order chi connectivity index (χ1) is 15.5. The molecule has 2 atom stereocenters. The lowest BCUT2D eigenvalue weighted by Crippen LogP contribution is -2.25. The molecule has 0 bridgehead atoms. The summed E-state index contributed by atoms with van der Waals surface area (Å²) in [6.07, 6.45) is 0.157. The molecular formula is C23H27FN4O3S. The molecule has 1 amide bonds. The smallest absolute Gasteiger partial charge is 0.238 e. The van der Waals surface area contributed by atoms with Gasteiger partial charge < -0.3 is 19.4 Å². The standard InChI is InChI=1S/C23H27FN4O3S/c1-5-20(22(29)25-17-12-8-7-11-16(17)24)32-23-27-26-21(28(23)6-2)15(3)31-19-14-10-9-13-18(19)30-4/h7-15,20H,5-6H2,1-4H3,(H,25,29). The summed E-state index contributed by atoms with van der Waals surface area (Å²) in [4.78, 5) is 12.8. The van der Waals surface area contributed by atoms with Crippen molar-refractivity contribution in [3.8, 4) is 11.5 Å². The number of para-hydroxylation sites is 3. The number of aromatic nitrogens is 3. The lowest BCUT2D eigenvalue weighted by Gasteiger charge is -2.18. The Morgan fingerprint density at radius 1 is 1.12 bits per heavy atom. The highest BCUT2D eigenvalue weighted by molar-refractivity contribution is 8.00. The van der Waals surface area contributed by atoms with Crippen molar-refractivity contribution in [1.29, 1.82) is 0 Å². The zero-order chi connectivity index (χ0) is 23.1. The second-order valence-electron chi connectivity index (χ2n) is 6.98. The summed E-state index contributed by atoms with van der Waals surface area (Å²) >= 11 is 1.30. The first kappa shape index (κ1) is 23.6. The molecule has 0 fully saturated rings. The van der Waals surface area contributed by atoms with E-state index in [0.29, 0.717) is 35.4 Å². The Morgan fingerprint density at radius 2 is 1.81 bits per heavy atom. The molecule has 2 unspecified atom stereocenters. The second-order valence-corrected chi connectivity index (χ2v) is 8.15. The number of nitrogens with one attached hydrogen (secondary N) is 1. The number of ether oxygens (including phenoxy) is 2. The van der Waals surface area contributed by atoms with Crippen molar-refractivity contribution in [2.45, 2.75) is 50.2 Å². The third-order valence-electron chi connectivity index (χ3n) is 4.84. The van der Waals surface area contributed by atoms with Gasteiger partial charge in [0.2, 0.25) is 5.91 Å². The maximum atomic E-state index is 13.9. The van der Waals surface area contributed by atoms with Crippen LogP contribution in [0, 0.1) is 5.82 Å². The SMILES string of the molecule is CCC(Sc1nnc(C(C)Oc2ccccc2OC)n1CC)C(=O)Nc1ccccc1F. The number of halogens is 1. The van der Waals surface area contributed by atoms with Gasteiger partial charge >= 0.3 is 0 Å². The highest BCUT2D eigenvalue weighted by atomic mass is 32.2. The average Bonchev–Trinajstić information content (AvgIpc) is 3.22. The van der Waals surface area contributed by atoms with E-state index < -0.39 is 11.1 Å². The van der Waals surface area contributed by atoms with E-state index in [2.05, 4.69) is 15.5 Å². The van der Waals surface area contributed by atoms with Crippen LogP contribution in [0.25, 0.3) is 0 Å². The van der Waals surface area contributed by atoms with Crippen LogP contribution in [0.5, 0.6) is 11.5 Å². The van der Waals surface area contributed by atoms with Gasteiger partial charge in [-0.15, -0.1) is 10.2 Å². The lowest BCUT2D eigenvalue weighted by molar-refractivity contribution is -0.115. The first-order valence-electron chi connectivity index (χ1n) is 10.4. The highest BCUT2D eigenvalue weighted by Crippen LogP contribution is 2.32. The molecule has 3 rings (SSSR count). The Morgan fingerprint density at radius 3 is 2.47 bits per heavy atom. The van der Waals surface area contributed by atoms with Gasteiger partial charge in [-0.1, -0.05) is 43.0 Å². The van der Waals surface area contributed by atoms with Crippen LogP contribution in [0.3, 0.4) is 0 Å². The van der Waals surface area contributed by atoms with Gasteiger partial charge in [-0.25, -0.2) is 4.39 Å². The third-order valence-corrected chi connectivity index (χ3v) is 6.19. The molecule has 1 heterocycles. The summed E-state index contributed by atoms with van der Waals surface area (Å²) in [5, 5.41) is 11.4. The molecule has 32 heavy (non-hydrogen) atoms. The number of methoxy groups -OCH3 is 1. The van der Waals surface area contributed by atoms with Gasteiger partial charge in [0, 0.05) is 6.54 Å². The normalized spacial score (nSPS) is 12.8. The zero-order valence-corrected chi connectivity index (χ0v) is 19.4. The highest BCUT2D eigenvalue weighted by Gasteiger charge is 2.25. The summed E-state index contributed by atoms with van der Waals surface area (Å²) in [5.74, 6) is 1.13. The van der Waals surface area contributed by atoms with Crippen LogP contribution in [-0.2, 0) is 11.3 Å². The number of rotatable bonds is 10. The van der Waals surface area contributed by atoms with E-state index in [0.717, 1.165) is 0 Å². The van der Waals surface area contributed by atoms with Crippen LogP contribution in [0.4, 0.5) is 10.1 Å². The number of hydrogen-bond acceptors (Lipinski definition) is 6. The number of amides is 1. The van der Waals surface area contributed by atoms with Gasteiger partial charge in [-0.05, 0) is 44.5 Å². The summed E-state index contributed by atoms with van der Waals surface area (Å²) in [5.41, 5.74) is 0.160. The fraction of sp³-hybridized carbons (Fsp3) is 0.348. The summed E-state index contributed by atoms with van der Waals surface area (Å²) in [6.45, 7) is 6.38. The fourth-order valence-corrected chi connectivity index (χ4v) is 4.19. The van der Waals surface area contributed by atoms with Crippen molar-refractivity contribution >= 4 is 23.4 Å². The largest absolute Gasteiger partial charge is 0.493 e. The van der Waals surface area contributed by atoms with E-state index in [1.807, 2.05) is 49.6 Å². The van der Waals surface area contributed by atoms with Crippen molar-refractivity contribution < 1.29 is 18.7 Å². The van der Waals surface area contributed by atoms with Crippen LogP contribution in [0.1, 0.15) is 39.1 Å². The van der Waals surface area contributed by atoms with Crippen LogP contribution in [0.15, 0.2) is 53.7 Å². The van der Waals surface area contributed by atoms with Crippen molar-refractivity contribution in [3.05, 3.63) is 60.2 Å². The second kappa shape index (κ2) is 11.0. The molecule has 1 N–H and O–H groups in total. The number of benzene rings is 2. The minimum absolute atomic E-state index is 0.160. The zero-order valence-electron chi connectivity index (χ0n) is 18.5. The van der Waals surface area contributed by atoms with E-state index in [1.165, 1.54) is 23.9 Å². The van der Waals surface area contributed by atoms with Crippen LogP contribution in [-0.4, -0.2) is 33.0 Å². The maximum Gasteiger partial charge on any atom is 0.238 e. The van der Waals surface area contributed by atoms with Crippen molar-refractivity contribution in [2.24, 2.45) is 0 Å². The summed E-state index contributed by atoms with van der Waals surface area (Å²) in [6, 6.07) is 13.5. The average molecular weight is 459 g/mol. The molecule has 0 aliphatic carbocycles. The van der Waals surface area contributed by atoms with Crippen LogP contribution >= 0.6 is 11.8 Å². The van der Waals surface area contributed by atoms with Gasteiger partial charge in [0.25, 0.3) is 0 Å². The van der Waals surface area contributed by atoms with Crippen LogP contribution < -0.4 is 14.8 Å². The number of carbonyl (C=O) groups excluding carboxylic acids is 1. The van der Waals surface area contributed by atoms with Gasteiger partial charge in [0.1, 0.15) is 5.82 Å². The van der Waals surface area contributed by atoms with Gasteiger partial charge in [-0.3, -0.25) is 4.79 Å². The summed E-state index contributed by atoms with van der Waals surface area (Å²) < 4.78 is 27.3. The molecule has 9 heteroatoms. The third kappa shape index (κ3) is 5.40. The molecule has 0 spiro atoms. The Bertz CT molecular complexity index is 1060. The quantitative estimate of drug-likeness (QED) is 0.426. The molecule has 2 aromatic carbocycles. The van der Waals surface area contributed by atoms with E-state index in [-0.39, 0.29) is 17.7 Å². The lowest BCUT2D eigenvalue weighted by atomic mass is 10.2. The number of hydrogen-bond donors (Lipinski definition) is 1. The van der Waals surface area contributed by atoms with Gasteiger partial charge in [-0.2, -0.15) is 0 Å². The van der Waals surface area contributed by atoms with E-state index in [4.69, 9.17) is 9.47 Å². The molecule has 0 saturated carbocycles. The van der Waals surface area contributed by atoms with E-state index in [9.17, 15) is 9.18 Å². The monoisotopic (exact) mass is 458 g/mol. The van der Waals surface area contributed by atoms with Crippen molar-refractivity contribution in [2.75, 3.05) is 12.4 Å². The first-order valence-corrected chi connectivity index (χ1v) is 11.3. The molecule has 1 aromatic heterocycles. The number of carbonyl (C=O) groups is 1. The topological polar surface area (TPSA) is 78.3 Å². The molecular weight excluding hydrogens is 431 g/mol. The molecule has 0 aliphatic heterocycles. The Kier molecular flexibility index (Phi) is 8.10. The Labute approximate surface area is 191 Å². The minimum Gasteiger partial charge on any atom is -0.493 e. The van der Waals surface area contributed by atoms with E-state index >= 15 is 0 Å². The molecule has 0 aliphatic rings.